The molecule has 0 aliphatic carbocycles. The molecular weight excluding hydrogens is 478 g/mol. The van der Waals surface area contributed by atoms with Crippen LogP contribution in [0.3, 0.4) is 0 Å². The van der Waals surface area contributed by atoms with Crippen LogP contribution in [-0.2, 0) is 22.5 Å². The summed E-state index contributed by atoms with van der Waals surface area (Å²) in [5, 5.41) is 4.98. The molecular formula is C27H41N3O5S. The quantitative estimate of drug-likeness (QED) is 0.331. The number of nitrogens with one attached hydrogen (secondary N) is 1. The number of hydrogen-bond acceptors (Lipinski definition) is 6. The van der Waals surface area contributed by atoms with Gasteiger partial charge in [0, 0.05) is 38.2 Å². The van der Waals surface area contributed by atoms with E-state index in [1.54, 1.807) is 37.6 Å². The largest absolute Gasteiger partial charge is 0.493 e. The average molecular weight is 520 g/mol. The number of urea groups is 1. The molecule has 0 saturated carbocycles. The van der Waals surface area contributed by atoms with Crippen LogP contribution in [0.1, 0.15) is 42.2 Å². The topological polar surface area (TPSA) is 80.3 Å². The highest BCUT2D eigenvalue weighted by atomic mass is 32.1. The molecule has 3 amide bonds. The highest BCUT2D eigenvalue weighted by molar-refractivity contribution is 7.10. The summed E-state index contributed by atoms with van der Waals surface area (Å²) < 4.78 is 15.9. The molecule has 0 aliphatic heterocycles. The third-order valence-corrected chi connectivity index (χ3v) is 6.98. The number of hydrogen-bond donors (Lipinski definition) is 1. The van der Waals surface area contributed by atoms with E-state index in [1.807, 2.05) is 28.5 Å². The first-order valence-corrected chi connectivity index (χ1v) is 13.3. The zero-order chi connectivity index (χ0) is 26.3. The SMILES string of the molecule is CCCCNC(=O)N(CCCOC)CC(=O)N(CCc1ccc(OC)c(OC)c1)Cc1sccc1C. The van der Waals surface area contributed by atoms with Crippen molar-refractivity contribution in [3.63, 3.8) is 0 Å². The summed E-state index contributed by atoms with van der Waals surface area (Å²) in [5.74, 6) is 1.26. The van der Waals surface area contributed by atoms with Crippen LogP contribution in [0.4, 0.5) is 4.79 Å². The molecule has 0 atom stereocenters. The second-order valence-corrected chi connectivity index (χ2v) is 9.64. The van der Waals surface area contributed by atoms with Gasteiger partial charge in [0.15, 0.2) is 11.5 Å². The van der Waals surface area contributed by atoms with Crippen LogP contribution < -0.4 is 14.8 Å². The zero-order valence-electron chi connectivity index (χ0n) is 22.3. The van der Waals surface area contributed by atoms with E-state index < -0.39 is 0 Å². The number of rotatable bonds is 16. The lowest BCUT2D eigenvalue weighted by Gasteiger charge is -2.28. The summed E-state index contributed by atoms with van der Waals surface area (Å²) in [7, 11) is 4.86. The third-order valence-electron chi connectivity index (χ3n) is 5.97. The molecule has 1 aromatic heterocycles. The van der Waals surface area contributed by atoms with Gasteiger partial charge in [-0.3, -0.25) is 4.79 Å². The Morgan fingerprint density at radius 1 is 1.00 bits per heavy atom. The molecule has 0 bridgehead atoms. The minimum absolute atomic E-state index is 0.0258. The summed E-state index contributed by atoms with van der Waals surface area (Å²) in [6, 6.07) is 7.66. The number of aryl methyl sites for hydroxylation is 1. The van der Waals surface area contributed by atoms with Crippen LogP contribution in [0.5, 0.6) is 11.5 Å². The number of ether oxygens (including phenoxy) is 3. The predicted molar refractivity (Wildman–Crippen MR) is 144 cm³/mol. The Morgan fingerprint density at radius 2 is 1.78 bits per heavy atom. The Kier molecular flexibility index (Phi) is 13.1. The Morgan fingerprint density at radius 3 is 2.42 bits per heavy atom. The van der Waals surface area contributed by atoms with Gasteiger partial charge in [-0.2, -0.15) is 0 Å². The monoisotopic (exact) mass is 519 g/mol. The minimum atomic E-state index is -0.208. The molecule has 2 aromatic rings. The third kappa shape index (κ3) is 9.35. The number of nitrogens with zero attached hydrogens (tertiary/aromatic N) is 2. The lowest BCUT2D eigenvalue weighted by Crippen LogP contribution is -2.47. The molecule has 0 saturated heterocycles. The van der Waals surface area contributed by atoms with Crippen molar-refractivity contribution in [3.05, 3.63) is 45.6 Å². The van der Waals surface area contributed by atoms with Crippen molar-refractivity contribution in [1.82, 2.24) is 15.1 Å². The lowest BCUT2D eigenvalue weighted by molar-refractivity contribution is -0.132. The van der Waals surface area contributed by atoms with E-state index in [2.05, 4.69) is 25.2 Å². The van der Waals surface area contributed by atoms with Crippen LogP contribution in [-0.4, -0.2) is 75.9 Å². The number of carbonyl (C=O) groups excluding carboxylic acids is 2. The average Bonchev–Trinajstić information content (AvgIpc) is 3.29. The van der Waals surface area contributed by atoms with Gasteiger partial charge < -0.3 is 29.3 Å². The second-order valence-electron chi connectivity index (χ2n) is 8.63. The lowest BCUT2D eigenvalue weighted by atomic mass is 10.1. The molecule has 0 radical (unpaired) electrons. The molecule has 2 rings (SSSR count). The maximum Gasteiger partial charge on any atom is 0.317 e. The number of amides is 3. The van der Waals surface area contributed by atoms with Crippen molar-refractivity contribution < 1.29 is 23.8 Å². The molecule has 36 heavy (non-hydrogen) atoms. The molecule has 0 aliphatic rings. The van der Waals surface area contributed by atoms with Gasteiger partial charge in [0.2, 0.25) is 5.91 Å². The highest BCUT2D eigenvalue weighted by Gasteiger charge is 2.22. The fraction of sp³-hybridized carbons (Fsp3) is 0.556. The van der Waals surface area contributed by atoms with E-state index in [0.29, 0.717) is 57.1 Å². The summed E-state index contributed by atoms with van der Waals surface area (Å²) in [6.45, 7) is 6.78. The minimum Gasteiger partial charge on any atom is -0.493 e. The molecule has 0 spiro atoms. The van der Waals surface area contributed by atoms with Crippen LogP contribution in [0, 0.1) is 6.92 Å². The van der Waals surface area contributed by atoms with Gasteiger partial charge in [0.05, 0.1) is 20.8 Å². The number of unbranched alkanes of at least 4 members (excludes halogenated alkanes) is 1. The first-order valence-electron chi connectivity index (χ1n) is 12.5. The normalized spacial score (nSPS) is 10.7. The fourth-order valence-corrected chi connectivity index (χ4v) is 4.65. The molecule has 8 nitrogen and oxygen atoms in total. The van der Waals surface area contributed by atoms with Gasteiger partial charge in [-0.15, -0.1) is 11.3 Å². The molecule has 0 fully saturated rings. The molecule has 200 valence electrons. The first-order chi connectivity index (χ1) is 17.4. The van der Waals surface area contributed by atoms with Crippen molar-refractivity contribution in [2.75, 3.05) is 54.1 Å². The summed E-state index contributed by atoms with van der Waals surface area (Å²) >= 11 is 1.64. The van der Waals surface area contributed by atoms with E-state index in [4.69, 9.17) is 14.2 Å². The van der Waals surface area contributed by atoms with E-state index >= 15 is 0 Å². The fourth-order valence-electron chi connectivity index (χ4n) is 3.73. The second kappa shape index (κ2) is 16.1. The van der Waals surface area contributed by atoms with Crippen LogP contribution >= 0.6 is 11.3 Å². The molecule has 9 heteroatoms. The predicted octanol–water partition coefficient (Wildman–Crippen LogP) is 4.49. The zero-order valence-corrected chi connectivity index (χ0v) is 23.1. The van der Waals surface area contributed by atoms with E-state index in [0.717, 1.165) is 28.8 Å². The molecule has 1 heterocycles. The smallest absolute Gasteiger partial charge is 0.317 e. The van der Waals surface area contributed by atoms with Crippen LogP contribution in [0.2, 0.25) is 0 Å². The first kappa shape index (κ1) is 29.5. The van der Waals surface area contributed by atoms with Crippen molar-refractivity contribution in [3.8, 4) is 11.5 Å². The van der Waals surface area contributed by atoms with Gasteiger partial charge in [-0.05, 0) is 60.9 Å². The van der Waals surface area contributed by atoms with Crippen molar-refractivity contribution in [2.24, 2.45) is 0 Å². The van der Waals surface area contributed by atoms with Gasteiger partial charge in [0.25, 0.3) is 0 Å². The van der Waals surface area contributed by atoms with Crippen molar-refractivity contribution in [1.29, 1.82) is 0 Å². The van der Waals surface area contributed by atoms with E-state index in [9.17, 15) is 9.59 Å². The molecule has 1 aromatic carbocycles. The Hall–Kier alpha value is -2.78. The van der Waals surface area contributed by atoms with Gasteiger partial charge in [-0.25, -0.2) is 4.79 Å². The van der Waals surface area contributed by atoms with Gasteiger partial charge in [0.1, 0.15) is 6.54 Å². The molecule has 0 unspecified atom stereocenters. The van der Waals surface area contributed by atoms with E-state index in [1.165, 1.54) is 0 Å². The van der Waals surface area contributed by atoms with E-state index in [-0.39, 0.29) is 18.5 Å². The summed E-state index contributed by atoms with van der Waals surface area (Å²) in [5.41, 5.74) is 2.21. The number of thiophene rings is 1. The van der Waals surface area contributed by atoms with Crippen molar-refractivity contribution in [2.45, 2.75) is 46.1 Å². The van der Waals surface area contributed by atoms with Gasteiger partial charge in [-0.1, -0.05) is 19.4 Å². The standard InChI is InChI=1S/C27H41N3O5S/c1-6-7-13-28-27(32)30(14-8-16-33-3)20-26(31)29(19-25-21(2)12-17-36-25)15-11-22-9-10-23(34-4)24(18-22)35-5/h9-10,12,17-18H,6-8,11,13-16,19-20H2,1-5H3,(H,28,32). The van der Waals surface area contributed by atoms with Crippen molar-refractivity contribution >= 4 is 23.3 Å². The van der Waals surface area contributed by atoms with Crippen LogP contribution in [0.15, 0.2) is 29.6 Å². The summed E-state index contributed by atoms with van der Waals surface area (Å²) in [4.78, 5) is 31.0. The van der Waals surface area contributed by atoms with Crippen LogP contribution in [0.25, 0.3) is 0 Å². The van der Waals surface area contributed by atoms with Gasteiger partial charge >= 0.3 is 6.03 Å². The Labute approximate surface area is 219 Å². The highest BCUT2D eigenvalue weighted by Crippen LogP contribution is 2.28. The maximum atomic E-state index is 13.5. The Bertz CT molecular complexity index is 949. The summed E-state index contributed by atoms with van der Waals surface area (Å²) in [6.07, 6.45) is 3.22. The maximum absolute atomic E-state index is 13.5. The molecule has 1 N–H and O–H groups in total. The number of carbonyl (C=O) groups is 2. The number of methoxy groups -OCH3 is 3. The Balaban J connectivity index is 2.16. The number of benzene rings is 1.